The average Bonchev–Trinajstić information content (AvgIpc) is 2.79. The Bertz CT molecular complexity index is 295. The second kappa shape index (κ2) is 4.64. The summed E-state index contributed by atoms with van der Waals surface area (Å²) in [6.07, 6.45) is 2.63. The first-order valence-corrected chi connectivity index (χ1v) is 6.68. The van der Waals surface area contributed by atoms with Gasteiger partial charge in [0.05, 0.1) is 6.04 Å². The summed E-state index contributed by atoms with van der Waals surface area (Å²) in [5.74, 6) is 0. The van der Waals surface area contributed by atoms with E-state index >= 15 is 0 Å². The van der Waals surface area contributed by atoms with Crippen LogP contribution in [0.3, 0.4) is 0 Å². The lowest BCUT2D eigenvalue weighted by Gasteiger charge is -2.33. The van der Waals surface area contributed by atoms with Gasteiger partial charge >= 0.3 is 0 Å². The second-order valence-electron chi connectivity index (χ2n) is 4.59. The molecular formula is C12H20N2S. The molecule has 1 aliphatic rings. The number of thiophene rings is 1. The zero-order valence-corrected chi connectivity index (χ0v) is 10.3. The normalized spacial score (nSPS) is 26.7. The van der Waals surface area contributed by atoms with Gasteiger partial charge in [0.1, 0.15) is 0 Å². The Kier molecular flexibility index (Phi) is 3.44. The number of hydrogen-bond acceptors (Lipinski definition) is 3. The van der Waals surface area contributed by atoms with Crippen LogP contribution in [-0.4, -0.2) is 23.5 Å². The third kappa shape index (κ3) is 2.25. The Labute approximate surface area is 96.1 Å². The lowest BCUT2D eigenvalue weighted by Crippen LogP contribution is -2.40. The van der Waals surface area contributed by atoms with Gasteiger partial charge in [0, 0.05) is 12.1 Å². The molecule has 1 fully saturated rings. The molecule has 0 aromatic carbocycles. The minimum absolute atomic E-state index is 0.208. The van der Waals surface area contributed by atoms with Crippen molar-refractivity contribution >= 4 is 11.3 Å². The summed E-state index contributed by atoms with van der Waals surface area (Å²) < 4.78 is 0. The van der Waals surface area contributed by atoms with E-state index in [1.165, 1.54) is 24.9 Å². The highest BCUT2D eigenvalue weighted by Gasteiger charge is 2.31. The molecule has 1 aromatic heterocycles. The van der Waals surface area contributed by atoms with Gasteiger partial charge in [-0.1, -0.05) is 0 Å². The molecule has 3 heteroatoms. The minimum atomic E-state index is 0.208. The number of nitrogens with zero attached hydrogens (tertiary/aromatic N) is 1. The number of rotatable bonds is 3. The van der Waals surface area contributed by atoms with E-state index in [9.17, 15) is 0 Å². The molecule has 15 heavy (non-hydrogen) atoms. The maximum absolute atomic E-state index is 6.13. The molecule has 0 spiro atoms. The zero-order chi connectivity index (χ0) is 10.8. The Morgan fingerprint density at radius 2 is 2.40 bits per heavy atom. The van der Waals surface area contributed by atoms with Crippen molar-refractivity contribution in [2.24, 2.45) is 5.73 Å². The van der Waals surface area contributed by atoms with Gasteiger partial charge in [-0.3, -0.25) is 4.90 Å². The lowest BCUT2D eigenvalue weighted by molar-refractivity contribution is 0.170. The largest absolute Gasteiger partial charge is 0.326 e. The van der Waals surface area contributed by atoms with Crippen molar-refractivity contribution in [2.45, 2.75) is 44.8 Å². The van der Waals surface area contributed by atoms with Gasteiger partial charge in [0.15, 0.2) is 0 Å². The first-order valence-electron chi connectivity index (χ1n) is 5.73. The second-order valence-corrected chi connectivity index (χ2v) is 5.37. The van der Waals surface area contributed by atoms with Crippen LogP contribution in [0, 0.1) is 0 Å². The van der Waals surface area contributed by atoms with E-state index in [1.807, 2.05) is 0 Å². The summed E-state index contributed by atoms with van der Waals surface area (Å²) in [5, 5.41) is 4.38. The molecule has 84 valence electrons. The number of likely N-dealkylation sites (tertiary alicyclic amines) is 1. The molecule has 0 aliphatic carbocycles. The van der Waals surface area contributed by atoms with Crippen LogP contribution < -0.4 is 5.73 Å². The first kappa shape index (κ1) is 11.1. The van der Waals surface area contributed by atoms with Crippen LogP contribution in [0.5, 0.6) is 0 Å². The predicted octanol–water partition coefficient (Wildman–Crippen LogP) is 2.62. The van der Waals surface area contributed by atoms with Gasteiger partial charge in [0.2, 0.25) is 0 Å². The molecule has 0 radical (unpaired) electrons. The Hall–Kier alpha value is -0.380. The van der Waals surface area contributed by atoms with Crippen LogP contribution in [0.4, 0.5) is 0 Å². The molecule has 3 atom stereocenters. The summed E-state index contributed by atoms with van der Waals surface area (Å²) in [6, 6.07) is 3.51. The summed E-state index contributed by atoms with van der Waals surface area (Å²) >= 11 is 1.76. The average molecular weight is 224 g/mol. The van der Waals surface area contributed by atoms with Crippen LogP contribution >= 0.6 is 11.3 Å². The van der Waals surface area contributed by atoms with Gasteiger partial charge in [-0.05, 0) is 55.6 Å². The molecule has 1 aliphatic heterocycles. The Balaban J connectivity index is 2.20. The fourth-order valence-corrected chi connectivity index (χ4v) is 3.30. The molecule has 1 aromatic rings. The molecule has 2 heterocycles. The van der Waals surface area contributed by atoms with E-state index in [0.717, 1.165) is 0 Å². The molecule has 3 unspecified atom stereocenters. The Morgan fingerprint density at radius 3 is 2.87 bits per heavy atom. The fraction of sp³-hybridized carbons (Fsp3) is 0.667. The summed E-state index contributed by atoms with van der Waals surface area (Å²) in [5.41, 5.74) is 7.53. The smallest absolute Gasteiger partial charge is 0.0507 e. The molecule has 0 saturated carbocycles. The van der Waals surface area contributed by atoms with Crippen LogP contribution in [0.2, 0.25) is 0 Å². The number of hydrogen-bond donors (Lipinski definition) is 1. The van der Waals surface area contributed by atoms with Crippen LogP contribution in [-0.2, 0) is 0 Å². The lowest BCUT2D eigenvalue weighted by atomic mass is 10.0. The van der Waals surface area contributed by atoms with Gasteiger partial charge in [-0.15, -0.1) is 0 Å². The van der Waals surface area contributed by atoms with Crippen molar-refractivity contribution in [2.75, 3.05) is 6.54 Å². The van der Waals surface area contributed by atoms with Crippen molar-refractivity contribution < 1.29 is 0 Å². The van der Waals surface area contributed by atoms with E-state index in [-0.39, 0.29) is 6.04 Å². The van der Waals surface area contributed by atoms with Crippen LogP contribution in [0.1, 0.15) is 38.3 Å². The molecule has 0 amide bonds. The summed E-state index contributed by atoms with van der Waals surface area (Å²) in [7, 11) is 0. The van der Waals surface area contributed by atoms with Crippen molar-refractivity contribution in [3.63, 3.8) is 0 Å². The molecular weight excluding hydrogens is 204 g/mol. The van der Waals surface area contributed by atoms with Crippen molar-refractivity contribution in [3.05, 3.63) is 22.4 Å². The minimum Gasteiger partial charge on any atom is -0.326 e. The summed E-state index contributed by atoms with van der Waals surface area (Å²) in [6.45, 7) is 5.63. The highest BCUT2D eigenvalue weighted by molar-refractivity contribution is 7.07. The standard InChI is InChI=1S/C12H20N2S/c1-9-4-3-6-14(9)12(10(2)13)11-5-7-15-8-11/h5,7-10,12H,3-4,6,13H2,1-2H3. The monoisotopic (exact) mass is 224 g/mol. The van der Waals surface area contributed by atoms with Gasteiger partial charge in [0.25, 0.3) is 0 Å². The van der Waals surface area contributed by atoms with E-state index in [2.05, 4.69) is 35.6 Å². The highest BCUT2D eigenvalue weighted by atomic mass is 32.1. The third-order valence-electron chi connectivity index (χ3n) is 3.34. The molecule has 1 saturated heterocycles. The van der Waals surface area contributed by atoms with E-state index < -0.39 is 0 Å². The quantitative estimate of drug-likeness (QED) is 0.855. The summed E-state index contributed by atoms with van der Waals surface area (Å²) in [4.78, 5) is 2.56. The SMILES string of the molecule is CC(N)C(c1ccsc1)N1CCCC1C. The fourth-order valence-electron chi connectivity index (χ4n) is 2.61. The van der Waals surface area contributed by atoms with Crippen molar-refractivity contribution in [3.8, 4) is 0 Å². The van der Waals surface area contributed by atoms with E-state index in [1.54, 1.807) is 11.3 Å². The molecule has 2 N–H and O–H groups in total. The van der Waals surface area contributed by atoms with Gasteiger partial charge in [-0.2, -0.15) is 11.3 Å². The molecule has 0 bridgehead atoms. The van der Waals surface area contributed by atoms with Crippen molar-refractivity contribution in [1.29, 1.82) is 0 Å². The molecule has 2 rings (SSSR count). The zero-order valence-electron chi connectivity index (χ0n) is 9.52. The van der Waals surface area contributed by atoms with Crippen LogP contribution in [0.15, 0.2) is 16.8 Å². The van der Waals surface area contributed by atoms with Gasteiger partial charge in [-0.25, -0.2) is 0 Å². The topological polar surface area (TPSA) is 29.3 Å². The van der Waals surface area contributed by atoms with Crippen LogP contribution in [0.25, 0.3) is 0 Å². The van der Waals surface area contributed by atoms with E-state index in [0.29, 0.717) is 12.1 Å². The first-order chi connectivity index (χ1) is 7.20. The Morgan fingerprint density at radius 1 is 1.60 bits per heavy atom. The highest BCUT2D eigenvalue weighted by Crippen LogP contribution is 2.31. The van der Waals surface area contributed by atoms with Crippen molar-refractivity contribution in [1.82, 2.24) is 4.90 Å². The number of nitrogens with two attached hydrogens (primary N) is 1. The van der Waals surface area contributed by atoms with Gasteiger partial charge < -0.3 is 5.73 Å². The maximum Gasteiger partial charge on any atom is 0.0507 e. The predicted molar refractivity (Wildman–Crippen MR) is 66.1 cm³/mol. The maximum atomic E-state index is 6.13. The third-order valence-corrected chi connectivity index (χ3v) is 4.05. The molecule has 2 nitrogen and oxygen atoms in total. The van der Waals surface area contributed by atoms with E-state index in [4.69, 9.17) is 5.73 Å².